The summed E-state index contributed by atoms with van der Waals surface area (Å²) in [5.41, 5.74) is 1.22. The molecule has 1 aromatic rings. The van der Waals surface area contributed by atoms with Crippen LogP contribution in [0.4, 0.5) is 0 Å². The van der Waals surface area contributed by atoms with Crippen molar-refractivity contribution in [1.29, 1.82) is 0 Å². The van der Waals surface area contributed by atoms with Crippen LogP contribution in [-0.4, -0.2) is 43.0 Å². The number of imidazole rings is 1. The second-order valence-electron chi connectivity index (χ2n) is 4.23. The monoisotopic (exact) mass is 255 g/mol. The number of nitrogens with one attached hydrogen (secondary N) is 1. The van der Waals surface area contributed by atoms with Crippen LogP contribution in [0.2, 0.25) is 0 Å². The van der Waals surface area contributed by atoms with Gasteiger partial charge >= 0.3 is 0 Å². The quantitative estimate of drug-likeness (QED) is 0.641. The lowest BCUT2D eigenvalue weighted by atomic mass is 10.4. The first kappa shape index (κ1) is 15.1. The average molecular weight is 255 g/mol. The van der Waals surface area contributed by atoms with Crippen LogP contribution in [0.5, 0.6) is 0 Å². The van der Waals surface area contributed by atoms with Crippen LogP contribution in [-0.2, 0) is 22.6 Å². The standard InChI is InChI=1S/C13H25N3O2/c1-4-5-14-10-13-11-15-12(2)16(13)6-7-18-9-8-17-3/h11,14H,4-10H2,1-3H3. The van der Waals surface area contributed by atoms with Crippen molar-refractivity contribution < 1.29 is 9.47 Å². The molecule has 0 radical (unpaired) electrons. The summed E-state index contributed by atoms with van der Waals surface area (Å²) in [4.78, 5) is 4.35. The van der Waals surface area contributed by atoms with E-state index in [1.165, 1.54) is 5.69 Å². The van der Waals surface area contributed by atoms with Crippen LogP contribution in [0.15, 0.2) is 6.20 Å². The van der Waals surface area contributed by atoms with Gasteiger partial charge in [0, 0.05) is 26.4 Å². The molecule has 0 fully saturated rings. The van der Waals surface area contributed by atoms with Crippen LogP contribution >= 0.6 is 0 Å². The molecule has 5 nitrogen and oxygen atoms in total. The van der Waals surface area contributed by atoms with E-state index in [0.29, 0.717) is 19.8 Å². The maximum atomic E-state index is 5.49. The molecule has 0 saturated carbocycles. The topological polar surface area (TPSA) is 48.3 Å². The minimum atomic E-state index is 0.646. The van der Waals surface area contributed by atoms with E-state index in [1.807, 2.05) is 13.1 Å². The third-order valence-electron chi connectivity index (χ3n) is 2.76. The largest absolute Gasteiger partial charge is 0.382 e. The molecule has 0 bridgehead atoms. The van der Waals surface area contributed by atoms with Crippen molar-refractivity contribution in [2.75, 3.05) is 33.5 Å². The number of nitrogens with zero attached hydrogens (tertiary/aromatic N) is 2. The first-order chi connectivity index (χ1) is 8.79. The van der Waals surface area contributed by atoms with Gasteiger partial charge in [-0.3, -0.25) is 0 Å². The number of methoxy groups -OCH3 is 1. The maximum absolute atomic E-state index is 5.49. The van der Waals surface area contributed by atoms with Crippen LogP contribution < -0.4 is 5.32 Å². The van der Waals surface area contributed by atoms with Crippen molar-refractivity contribution >= 4 is 0 Å². The van der Waals surface area contributed by atoms with Crippen molar-refractivity contribution in [3.8, 4) is 0 Å². The average Bonchev–Trinajstić information content (AvgIpc) is 2.71. The molecular formula is C13H25N3O2. The summed E-state index contributed by atoms with van der Waals surface area (Å²) in [6, 6.07) is 0. The van der Waals surface area contributed by atoms with E-state index in [1.54, 1.807) is 7.11 Å². The Morgan fingerprint density at radius 1 is 1.33 bits per heavy atom. The molecule has 1 heterocycles. The molecule has 0 aliphatic heterocycles. The van der Waals surface area contributed by atoms with Crippen LogP contribution in [0.1, 0.15) is 24.9 Å². The van der Waals surface area contributed by atoms with Gasteiger partial charge in [0.15, 0.2) is 0 Å². The molecule has 0 saturated heterocycles. The molecule has 1 N–H and O–H groups in total. The molecule has 0 aliphatic carbocycles. The lowest BCUT2D eigenvalue weighted by Crippen LogP contribution is -2.19. The second kappa shape index (κ2) is 9.08. The van der Waals surface area contributed by atoms with E-state index in [9.17, 15) is 0 Å². The zero-order valence-corrected chi connectivity index (χ0v) is 11.7. The maximum Gasteiger partial charge on any atom is 0.105 e. The van der Waals surface area contributed by atoms with Gasteiger partial charge in [-0.15, -0.1) is 0 Å². The lowest BCUT2D eigenvalue weighted by molar-refractivity contribution is 0.0661. The predicted octanol–water partition coefficient (Wildman–Crippen LogP) is 1.35. The fraction of sp³-hybridized carbons (Fsp3) is 0.769. The first-order valence-corrected chi connectivity index (χ1v) is 6.58. The fourth-order valence-electron chi connectivity index (χ4n) is 1.76. The summed E-state index contributed by atoms with van der Waals surface area (Å²) < 4.78 is 12.6. The highest BCUT2D eigenvalue weighted by Gasteiger charge is 2.05. The van der Waals surface area contributed by atoms with Gasteiger partial charge in [0.2, 0.25) is 0 Å². The lowest BCUT2D eigenvalue weighted by Gasteiger charge is -2.11. The van der Waals surface area contributed by atoms with Gasteiger partial charge < -0.3 is 19.4 Å². The Kier molecular flexibility index (Phi) is 7.64. The van der Waals surface area contributed by atoms with Crippen LogP contribution in [0, 0.1) is 6.92 Å². The molecule has 18 heavy (non-hydrogen) atoms. The van der Waals surface area contributed by atoms with Gasteiger partial charge in [-0.1, -0.05) is 6.92 Å². The number of rotatable bonds is 10. The molecular weight excluding hydrogens is 230 g/mol. The molecule has 0 atom stereocenters. The first-order valence-electron chi connectivity index (χ1n) is 6.58. The third-order valence-corrected chi connectivity index (χ3v) is 2.76. The molecule has 0 aliphatic rings. The number of hydrogen-bond acceptors (Lipinski definition) is 4. The molecule has 5 heteroatoms. The minimum Gasteiger partial charge on any atom is -0.382 e. The number of ether oxygens (including phenoxy) is 2. The molecule has 1 aromatic heterocycles. The van der Waals surface area contributed by atoms with Crippen molar-refractivity contribution in [3.63, 3.8) is 0 Å². The highest BCUT2D eigenvalue weighted by Crippen LogP contribution is 2.04. The Balaban J connectivity index is 2.35. The fourth-order valence-corrected chi connectivity index (χ4v) is 1.76. The Bertz CT molecular complexity index is 326. The van der Waals surface area contributed by atoms with Crippen LogP contribution in [0.25, 0.3) is 0 Å². The van der Waals surface area contributed by atoms with Gasteiger partial charge in [0.1, 0.15) is 5.82 Å². The van der Waals surface area contributed by atoms with Crippen molar-refractivity contribution in [2.45, 2.75) is 33.4 Å². The highest BCUT2D eigenvalue weighted by molar-refractivity contribution is 5.04. The molecule has 0 amide bonds. The Labute approximate surface area is 109 Å². The van der Waals surface area contributed by atoms with E-state index in [-0.39, 0.29) is 0 Å². The molecule has 0 aromatic carbocycles. The number of hydrogen-bond donors (Lipinski definition) is 1. The van der Waals surface area contributed by atoms with Crippen molar-refractivity contribution in [1.82, 2.24) is 14.9 Å². The summed E-state index contributed by atoms with van der Waals surface area (Å²) in [7, 11) is 1.68. The van der Waals surface area contributed by atoms with Gasteiger partial charge in [0.25, 0.3) is 0 Å². The zero-order chi connectivity index (χ0) is 13.2. The summed E-state index contributed by atoms with van der Waals surface area (Å²) in [6.45, 7) is 8.93. The Morgan fingerprint density at radius 2 is 2.17 bits per heavy atom. The van der Waals surface area contributed by atoms with Gasteiger partial charge in [-0.25, -0.2) is 4.98 Å². The Hall–Kier alpha value is -0.910. The van der Waals surface area contributed by atoms with Crippen LogP contribution in [0.3, 0.4) is 0 Å². The second-order valence-corrected chi connectivity index (χ2v) is 4.23. The normalized spacial score (nSPS) is 11.1. The van der Waals surface area contributed by atoms with E-state index in [4.69, 9.17) is 9.47 Å². The van der Waals surface area contributed by atoms with Gasteiger partial charge in [-0.2, -0.15) is 0 Å². The van der Waals surface area contributed by atoms with E-state index >= 15 is 0 Å². The molecule has 0 unspecified atom stereocenters. The Morgan fingerprint density at radius 3 is 2.89 bits per heavy atom. The van der Waals surface area contributed by atoms with Gasteiger partial charge in [-0.05, 0) is 19.9 Å². The number of aromatic nitrogens is 2. The number of aryl methyl sites for hydroxylation is 1. The highest BCUT2D eigenvalue weighted by atomic mass is 16.5. The molecule has 1 rings (SSSR count). The van der Waals surface area contributed by atoms with Gasteiger partial charge in [0.05, 0.1) is 25.5 Å². The van der Waals surface area contributed by atoms with E-state index in [0.717, 1.165) is 31.9 Å². The SMILES string of the molecule is CCCNCc1cnc(C)n1CCOCCOC. The minimum absolute atomic E-state index is 0.646. The van der Waals surface area contributed by atoms with E-state index in [2.05, 4.69) is 21.8 Å². The summed E-state index contributed by atoms with van der Waals surface area (Å²) in [5, 5.41) is 3.39. The zero-order valence-electron chi connectivity index (χ0n) is 11.7. The summed E-state index contributed by atoms with van der Waals surface area (Å²) in [6.07, 6.45) is 3.08. The smallest absolute Gasteiger partial charge is 0.105 e. The van der Waals surface area contributed by atoms with Crippen molar-refractivity contribution in [2.24, 2.45) is 0 Å². The van der Waals surface area contributed by atoms with E-state index < -0.39 is 0 Å². The molecule has 104 valence electrons. The summed E-state index contributed by atoms with van der Waals surface area (Å²) >= 11 is 0. The van der Waals surface area contributed by atoms with Crippen molar-refractivity contribution in [3.05, 3.63) is 17.7 Å². The molecule has 0 spiro atoms. The predicted molar refractivity (Wildman–Crippen MR) is 71.7 cm³/mol. The summed E-state index contributed by atoms with van der Waals surface area (Å²) in [5.74, 6) is 1.04. The third kappa shape index (κ3) is 5.16.